The van der Waals surface area contributed by atoms with Crippen LogP contribution < -0.4 is 11.1 Å². The van der Waals surface area contributed by atoms with Crippen LogP contribution >= 0.6 is 0 Å². The normalized spacial score (nSPS) is 11.9. The monoisotopic (exact) mass is 353 g/mol. The Hall–Kier alpha value is -2.82. The van der Waals surface area contributed by atoms with Gasteiger partial charge in [0.25, 0.3) is 0 Å². The van der Waals surface area contributed by atoms with Crippen LogP contribution in [0.15, 0.2) is 59.6 Å². The van der Waals surface area contributed by atoms with E-state index in [0.29, 0.717) is 18.1 Å². The molecule has 2 aromatic rings. The molecule has 5 nitrogen and oxygen atoms in total. The van der Waals surface area contributed by atoms with E-state index in [2.05, 4.69) is 22.4 Å². The van der Waals surface area contributed by atoms with Crippen LogP contribution in [0.4, 0.5) is 0 Å². The topological polar surface area (TPSA) is 76.7 Å². The Morgan fingerprint density at radius 1 is 1.08 bits per heavy atom. The number of ether oxygens (including phenoxy) is 1. The Labute approximate surface area is 155 Å². The highest BCUT2D eigenvalue weighted by Gasteiger charge is 2.17. The molecular weight excluding hydrogens is 326 g/mol. The van der Waals surface area contributed by atoms with E-state index in [0.717, 1.165) is 18.5 Å². The summed E-state index contributed by atoms with van der Waals surface area (Å²) in [6, 6.07) is 17.5. The van der Waals surface area contributed by atoms with Crippen LogP contribution in [0.2, 0.25) is 0 Å². The maximum atomic E-state index is 12.1. The van der Waals surface area contributed by atoms with Gasteiger partial charge in [-0.25, -0.2) is 9.79 Å². The van der Waals surface area contributed by atoms with Gasteiger partial charge in [0, 0.05) is 6.54 Å². The van der Waals surface area contributed by atoms with Gasteiger partial charge >= 0.3 is 5.97 Å². The first-order valence-electron chi connectivity index (χ1n) is 8.73. The zero-order chi connectivity index (χ0) is 19.0. The van der Waals surface area contributed by atoms with Gasteiger partial charge in [0.1, 0.15) is 5.60 Å². The molecule has 0 aliphatic rings. The Bertz CT molecular complexity index is 749. The maximum Gasteiger partial charge on any atom is 0.338 e. The Kier molecular flexibility index (Phi) is 6.78. The molecule has 0 aliphatic carbocycles. The molecule has 3 N–H and O–H groups in total. The van der Waals surface area contributed by atoms with Gasteiger partial charge < -0.3 is 15.8 Å². The van der Waals surface area contributed by atoms with Gasteiger partial charge in [-0.15, -0.1) is 0 Å². The fourth-order valence-corrected chi connectivity index (χ4v) is 2.35. The van der Waals surface area contributed by atoms with Gasteiger partial charge in [0.2, 0.25) is 0 Å². The van der Waals surface area contributed by atoms with Crippen LogP contribution in [0.25, 0.3) is 0 Å². The van der Waals surface area contributed by atoms with E-state index in [9.17, 15) is 4.79 Å². The number of carbonyl (C=O) groups is 1. The molecule has 0 aliphatic heterocycles. The second-order valence-electron chi connectivity index (χ2n) is 7.07. The van der Waals surface area contributed by atoms with Gasteiger partial charge in [-0.3, -0.25) is 0 Å². The first-order valence-corrected chi connectivity index (χ1v) is 8.73. The molecule has 2 rings (SSSR count). The smallest absolute Gasteiger partial charge is 0.338 e. The van der Waals surface area contributed by atoms with Gasteiger partial charge in [0.15, 0.2) is 5.96 Å². The number of esters is 1. The lowest BCUT2D eigenvalue weighted by Gasteiger charge is -2.19. The molecule has 0 bridgehead atoms. The Morgan fingerprint density at radius 2 is 1.77 bits per heavy atom. The number of nitrogens with two attached hydrogens (primary N) is 1. The molecule has 0 fully saturated rings. The fourth-order valence-electron chi connectivity index (χ4n) is 2.35. The number of nitrogens with one attached hydrogen (secondary N) is 1. The van der Waals surface area contributed by atoms with Crippen molar-refractivity contribution in [1.82, 2.24) is 5.32 Å². The Morgan fingerprint density at radius 3 is 2.46 bits per heavy atom. The van der Waals surface area contributed by atoms with E-state index in [1.165, 1.54) is 5.56 Å². The largest absolute Gasteiger partial charge is 0.456 e. The number of nitrogens with zero attached hydrogens (tertiary/aromatic N) is 1. The summed E-state index contributed by atoms with van der Waals surface area (Å²) in [5.41, 5.74) is 8.07. The van der Waals surface area contributed by atoms with E-state index >= 15 is 0 Å². The zero-order valence-electron chi connectivity index (χ0n) is 15.7. The van der Waals surface area contributed by atoms with Gasteiger partial charge in [-0.05, 0) is 50.5 Å². The number of aliphatic imine (C=N–C) groups is 1. The SMILES string of the molecule is CC(C)(C)OC(=O)c1cccc(CN=C(N)NCCc2ccccc2)c1. The van der Waals surface area contributed by atoms with Crippen molar-refractivity contribution in [3.63, 3.8) is 0 Å². The molecule has 26 heavy (non-hydrogen) atoms. The minimum Gasteiger partial charge on any atom is -0.456 e. The number of rotatable bonds is 6. The van der Waals surface area contributed by atoms with Crippen molar-refractivity contribution in [3.8, 4) is 0 Å². The molecule has 0 saturated carbocycles. The Balaban J connectivity index is 1.86. The third-order valence-corrected chi connectivity index (χ3v) is 3.56. The van der Waals surface area contributed by atoms with E-state index in [-0.39, 0.29) is 5.97 Å². The molecule has 0 radical (unpaired) electrons. The molecule has 138 valence electrons. The summed E-state index contributed by atoms with van der Waals surface area (Å²) >= 11 is 0. The molecule has 0 aromatic heterocycles. The van der Waals surface area contributed by atoms with Crippen molar-refractivity contribution in [3.05, 3.63) is 71.3 Å². The lowest BCUT2D eigenvalue weighted by molar-refractivity contribution is 0.00694. The predicted octanol–water partition coefficient (Wildman–Crippen LogP) is 3.29. The third-order valence-electron chi connectivity index (χ3n) is 3.56. The van der Waals surface area contributed by atoms with Crippen LogP contribution in [0.3, 0.4) is 0 Å². The van der Waals surface area contributed by atoms with Crippen LogP contribution in [0.1, 0.15) is 42.3 Å². The van der Waals surface area contributed by atoms with E-state index in [1.54, 1.807) is 12.1 Å². The van der Waals surface area contributed by atoms with Crippen molar-refractivity contribution < 1.29 is 9.53 Å². The van der Waals surface area contributed by atoms with Crippen LogP contribution in [0, 0.1) is 0 Å². The van der Waals surface area contributed by atoms with Gasteiger partial charge in [-0.2, -0.15) is 0 Å². The standard InChI is InChI=1S/C21H27N3O2/c1-21(2,3)26-19(25)18-11-7-10-17(14-18)15-24-20(22)23-13-12-16-8-5-4-6-9-16/h4-11,14H,12-13,15H2,1-3H3,(H3,22,23,24). The number of guanidine groups is 1. The summed E-state index contributed by atoms with van der Waals surface area (Å²) in [7, 11) is 0. The lowest BCUT2D eigenvalue weighted by atomic mass is 10.1. The summed E-state index contributed by atoms with van der Waals surface area (Å²) in [6.07, 6.45) is 0.880. The molecule has 0 unspecified atom stereocenters. The summed E-state index contributed by atoms with van der Waals surface area (Å²) in [5, 5.41) is 3.11. The first kappa shape index (κ1) is 19.5. The number of benzene rings is 2. The average molecular weight is 353 g/mol. The molecule has 0 spiro atoms. The van der Waals surface area contributed by atoms with Crippen molar-refractivity contribution in [1.29, 1.82) is 0 Å². The maximum absolute atomic E-state index is 12.1. The van der Waals surface area contributed by atoms with Crippen LogP contribution in [0.5, 0.6) is 0 Å². The molecule has 2 aromatic carbocycles. The average Bonchev–Trinajstić information content (AvgIpc) is 2.60. The van der Waals surface area contributed by atoms with Crippen LogP contribution in [-0.4, -0.2) is 24.1 Å². The second kappa shape index (κ2) is 9.04. The molecule has 0 saturated heterocycles. The summed E-state index contributed by atoms with van der Waals surface area (Å²) in [4.78, 5) is 16.5. The van der Waals surface area contributed by atoms with Crippen molar-refractivity contribution in [2.75, 3.05) is 6.54 Å². The molecule has 0 atom stereocenters. The van der Waals surface area contributed by atoms with Crippen molar-refractivity contribution >= 4 is 11.9 Å². The predicted molar refractivity (Wildman–Crippen MR) is 105 cm³/mol. The number of hydrogen-bond donors (Lipinski definition) is 2. The van der Waals surface area contributed by atoms with E-state index < -0.39 is 5.60 Å². The molecular formula is C21H27N3O2. The van der Waals surface area contributed by atoms with Crippen molar-refractivity contribution in [2.24, 2.45) is 10.7 Å². The highest BCUT2D eigenvalue weighted by atomic mass is 16.6. The minimum absolute atomic E-state index is 0.336. The second-order valence-corrected chi connectivity index (χ2v) is 7.07. The van der Waals surface area contributed by atoms with Crippen molar-refractivity contribution in [2.45, 2.75) is 39.3 Å². The van der Waals surface area contributed by atoms with Gasteiger partial charge in [0.05, 0.1) is 12.1 Å². The number of carbonyl (C=O) groups excluding carboxylic acids is 1. The first-order chi connectivity index (χ1) is 12.3. The van der Waals surface area contributed by atoms with E-state index in [4.69, 9.17) is 10.5 Å². The molecule has 0 heterocycles. The molecule has 5 heteroatoms. The van der Waals surface area contributed by atoms with Crippen LogP contribution in [-0.2, 0) is 17.7 Å². The fraction of sp³-hybridized carbons (Fsp3) is 0.333. The zero-order valence-corrected chi connectivity index (χ0v) is 15.7. The quantitative estimate of drug-likeness (QED) is 0.475. The summed E-state index contributed by atoms with van der Waals surface area (Å²) in [6.45, 7) is 6.67. The van der Waals surface area contributed by atoms with E-state index in [1.807, 2.05) is 51.1 Å². The highest BCUT2D eigenvalue weighted by molar-refractivity contribution is 5.89. The highest BCUT2D eigenvalue weighted by Crippen LogP contribution is 2.13. The third kappa shape index (κ3) is 6.97. The minimum atomic E-state index is -0.516. The lowest BCUT2D eigenvalue weighted by Crippen LogP contribution is -2.33. The summed E-state index contributed by atoms with van der Waals surface area (Å²) < 4.78 is 5.39. The molecule has 0 amide bonds. The van der Waals surface area contributed by atoms with Gasteiger partial charge in [-0.1, -0.05) is 42.5 Å². The number of hydrogen-bond acceptors (Lipinski definition) is 3. The summed E-state index contributed by atoms with van der Waals surface area (Å²) in [5.74, 6) is 0.0564.